The molecule has 1 heterocycles. The van der Waals surface area contributed by atoms with Crippen molar-refractivity contribution in [3.05, 3.63) is 101 Å². The van der Waals surface area contributed by atoms with Crippen molar-refractivity contribution in [3.8, 4) is 17.2 Å². The van der Waals surface area contributed by atoms with Crippen LogP contribution in [-0.4, -0.2) is 44.4 Å². The number of carbonyl (C=O) groups excluding carboxylic acids is 2. The molecule has 0 bridgehead atoms. The summed E-state index contributed by atoms with van der Waals surface area (Å²) in [6.07, 6.45) is 1.89. The summed E-state index contributed by atoms with van der Waals surface area (Å²) in [5.41, 5.74) is 3.66. The van der Waals surface area contributed by atoms with Crippen LogP contribution in [0.25, 0.3) is 0 Å². The number of ether oxygens (including phenoxy) is 4. The molecule has 1 aliphatic heterocycles. The minimum atomic E-state index is -0.566. The molecule has 3 atom stereocenters. The normalized spacial score (nSPS) is 19.9. The highest BCUT2D eigenvalue weighted by molar-refractivity contribution is 6.12. The fraction of sp³-hybridized carbons (Fsp3) is 0.343. The van der Waals surface area contributed by atoms with Gasteiger partial charge in [0.15, 0.2) is 11.5 Å². The van der Waals surface area contributed by atoms with Crippen molar-refractivity contribution in [1.82, 2.24) is 0 Å². The number of Topliss-reactive ketones (excluding diaryl/α,β-unsaturated/α-hetero) is 1. The lowest BCUT2D eigenvalue weighted by atomic mass is 9.66. The van der Waals surface area contributed by atoms with Crippen molar-refractivity contribution in [2.75, 3.05) is 26.9 Å². The molecule has 0 radical (unpaired) electrons. The molecule has 218 valence electrons. The number of ketones is 1. The minimum Gasteiger partial charge on any atom is -0.493 e. The molecule has 0 N–H and O–H groups in total. The summed E-state index contributed by atoms with van der Waals surface area (Å²) in [4.78, 5) is 32.5. The number of aliphatic imine (C=N–C) groups is 1. The first-order chi connectivity index (χ1) is 20.5. The summed E-state index contributed by atoms with van der Waals surface area (Å²) in [5, 5.41) is 0. The topological polar surface area (TPSA) is 83.4 Å². The van der Waals surface area contributed by atoms with Crippen LogP contribution in [0.15, 0.2) is 95.1 Å². The van der Waals surface area contributed by atoms with Gasteiger partial charge in [0.1, 0.15) is 24.7 Å². The number of nitrogens with zero attached hydrogens (tertiary/aromatic N) is 1. The van der Waals surface area contributed by atoms with E-state index >= 15 is 0 Å². The largest absolute Gasteiger partial charge is 0.493 e. The number of methoxy groups -OCH3 is 1. The van der Waals surface area contributed by atoms with Gasteiger partial charge in [-0.1, -0.05) is 61.5 Å². The number of carbonyl (C=O) groups is 2. The highest BCUT2D eigenvalue weighted by atomic mass is 16.6. The molecular weight excluding hydrogens is 530 g/mol. The summed E-state index contributed by atoms with van der Waals surface area (Å²) < 4.78 is 23.0. The van der Waals surface area contributed by atoms with E-state index in [9.17, 15) is 9.59 Å². The van der Waals surface area contributed by atoms with E-state index in [1.807, 2.05) is 80.6 Å². The third kappa shape index (κ3) is 6.40. The molecule has 0 amide bonds. The molecule has 42 heavy (non-hydrogen) atoms. The SMILES string of the molecule is CCCOc1ccc([C@@H]2C(C(=O)OCCOc3ccccc3)=C(C)N=C3C[C@@H](c4ccccc4)CC(=O)C32)cc1OC. The number of fused-ring (bicyclic) bond motifs is 1. The fourth-order valence-corrected chi connectivity index (χ4v) is 5.86. The lowest BCUT2D eigenvalue weighted by Gasteiger charge is -2.38. The predicted octanol–water partition coefficient (Wildman–Crippen LogP) is 6.68. The molecule has 0 saturated heterocycles. The zero-order chi connectivity index (χ0) is 29.5. The summed E-state index contributed by atoms with van der Waals surface area (Å²) in [5.74, 6) is 0.362. The molecular formula is C35H37NO6. The fourth-order valence-electron chi connectivity index (χ4n) is 5.86. The smallest absolute Gasteiger partial charge is 0.336 e. The second-order valence-corrected chi connectivity index (χ2v) is 10.6. The van der Waals surface area contributed by atoms with Crippen LogP contribution in [-0.2, 0) is 14.3 Å². The number of rotatable bonds is 11. The third-order valence-electron chi connectivity index (χ3n) is 7.78. The van der Waals surface area contributed by atoms with Gasteiger partial charge in [-0.15, -0.1) is 0 Å². The van der Waals surface area contributed by atoms with Crippen LogP contribution < -0.4 is 14.2 Å². The van der Waals surface area contributed by atoms with E-state index in [1.165, 1.54) is 0 Å². The Labute approximate surface area is 247 Å². The van der Waals surface area contributed by atoms with E-state index in [0.717, 1.165) is 23.3 Å². The maximum Gasteiger partial charge on any atom is 0.336 e. The van der Waals surface area contributed by atoms with Crippen molar-refractivity contribution in [1.29, 1.82) is 0 Å². The molecule has 1 unspecified atom stereocenters. The summed E-state index contributed by atoms with van der Waals surface area (Å²) in [7, 11) is 1.59. The molecule has 1 aliphatic carbocycles. The van der Waals surface area contributed by atoms with Gasteiger partial charge in [-0.25, -0.2) is 4.79 Å². The van der Waals surface area contributed by atoms with Crippen LogP contribution in [0.3, 0.4) is 0 Å². The molecule has 1 saturated carbocycles. The third-order valence-corrected chi connectivity index (χ3v) is 7.78. The maximum atomic E-state index is 13.9. The second-order valence-electron chi connectivity index (χ2n) is 10.6. The number of benzene rings is 3. The van der Waals surface area contributed by atoms with E-state index in [0.29, 0.717) is 48.0 Å². The molecule has 5 rings (SSSR count). The molecule has 0 spiro atoms. The van der Waals surface area contributed by atoms with Gasteiger partial charge < -0.3 is 18.9 Å². The number of hydrogen-bond acceptors (Lipinski definition) is 7. The predicted molar refractivity (Wildman–Crippen MR) is 161 cm³/mol. The first-order valence-corrected chi connectivity index (χ1v) is 14.5. The Kier molecular flexibility index (Phi) is 9.37. The number of para-hydroxylation sites is 1. The molecule has 3 aromatic rings. The Bertz CT molecular complexity index is 1460. The van der Waals surface area contributed by atoms with Crippen LogP contribution in [0.2, 0.25) is 0 Å². The van der Waals surface area contributed by atoms with E-state index in [2.05, 4.69) is 12.1 Å². The molecule has 0 aromatic heterocycles. The lowest BCUT2D eigenvalue weighted by molar-refractivity contribution is -0.140. The number of allylic oxidation sites excluding steroid dienone is 1. The maximum absolute atomic E-state index is 13.9. The van der Waals surface area contributed by atoms with Crippen molar-refractivity contribution in [3.63, 3.8) is 0 Å². The van der Waals surface area contributed by atoms with Gasteiger partial charge in [-0.05, 0) is 61.1 Å². The minimum absolute atomic E-state index is 0.0464. The van der Waals surface area contributed by atoms with Gasteiger partial charge in [-0.2, -0.15) is 0 Å². The van der Waals surface area contributed by atoms with Gasteiger partial charge in [0, 0.05) is 23.7 Å². The highest BCUT2D eigenvalue weighted by Gasteiger charge is 2.46. The first-order valence-electron chi connectivity index (χ1n) is 14.5. The highest BCUT2D eigenvalue weighted by Crippen LogP contribution is 2.47. The van der Waals surface area contributed by atoms with Crippen LogP contribution in [0.4, 0.5) is 0 Å². The van der Waals surface area contributed by atoms with Crippen LogP contribution in [0.1, 0.15) is 56.1 Å². The van der Waals surface area contributed by atoms with Crippen LogP contribution >= 0.6 is 0 Å². The number of hydrogen-bond donors (Lipinski definition) is 0. The van der Waals surface area contributed by atoms with Crippen molar-refractivity contribution >= 4 is 17.5 Å². The molecule has 1 fully saturated rings. The first kappa shape index (κ1) is 29.1. The van der Waals surface area contributed by atoms with E-state index < -0.39 is 17.8 Å². The Morgan fingerprint density at radius 1 is 0.833 bits per heavy atom. The van der Waals surface area contributed by atoms with Gasteiger partial charge in [0.2, 0.25) is 0 Å². The van der Waals surface area contributed by atoms with Gasteiger partial charge in [0.25, 0.3) is 0 Å². The van der Waals surface area contributed by atoms with E-state index in [1.54, 1.807) is 7.11 Å². The Balaban J connectivity index is 1.46. The molecule has 2 aliphatic rings. The Morgan fingerprint density at radius 3 is 2.29 bits per heavy atom. The van der Waals surface area contributed by atoms with Crippen molar-refractivity contribution in [2.24, 2.45) is 10.9 Å². The molecule has 3 aromatic carbocycles. The lowest BCUT2D eigenvalue weighted by Crippen LogP contribution is -2.41. The zero-order valence-corrected chi connectivity index (χ0v) is 24.4. The van der Waals surface area contributed by atoms with E-state index in [-0.39, 0.29) is 24.9 Å². The van der Waals surface area contributed by atoms with Crippen LogP contribution in [0.5, 0.6) is 17.2 Å². The van der Waals surface area contributed by atoms with Crippen LogP contribution in [0, 0.1) is 5.92 Å². The summed E-state index contributed by atoms with van der Waals surface area (Å²) in [6, 6.07) is 25.1. The van der Waals surface area contributed by atoms with Crippen molar-refractivity contribution in [2.45, 2.75) is 44.9 Å². The standard InChI is InChI=1S/C35H37NO6/c1-4-17-41-30-16-15-25(22-31(30)39-3)33-32(35(38)42-19-18-40-27-13-9-6-10-14-27)23(2)36-28-20-26(21-29(37)34(28)33)24-11-7-5-8-12-24/h5-16,22,26,33-34H,4,17-21H2,1-3H3/t26-,33-,34?/m1/s1. The Morgan fingerprint density at radius 2 is 1.57 bits per heavy atom. The quantitative estimate of drug-likeness (QED) is 0.190. The Hall–Kier alpha value is -4.39. The van der Waals surface area contributed by atoms with E-state index in [4.69, 9.17) is 23.9 Å². The summed E-state index contributed by atoms with van der Waals surface area (Å²) >= 11 is 0. The van der Waals surface area contributed by atoms with Gasteiger partial charge >= 0.3 is 5.97 Å². The summed E-state index contributed by atoms with van der Waals surface area (Å²) in [6.45, 7) is 4.69. The monoisotopic (exact) mass is 567 g/mol. The average molecular weight is 568 g/mol. The molecule has 7 nitrogen and oxygen atoms in total. The zero-order valence-electron chi connectivity index (χ0n) is 24.4. The average Bonchev–Trinajstić information content (AvgIpc) is 3.02. The number of esters is 1. The molecule has 7 heteroatoms. The van der Waals surface area contributed by atoms with Gasteiger partial charge in [-0.3, -0.25) is 9.79 Å². The van der Waals surface area contributed by atoms with Crippen molar-refractivity contribution < 1.29 is 28.5 Å². The van der Waals surface area contributed by atoms with Gasteiger partial charge in [0.05, 0.1) is 25.2 Å². The second kappa shape index (κ2) is 13.5.